The minimum absolute atomic E-state index is 0.0116. The van der Waals surface area contributed by atoms with Gasteiger partial charge in [0.2, 0.25) is 5.91 Å². The lowest BCUT2D eigenvalue weighted by atomic mass is 9.79. The van der Waals surface area contributed by atoms with E-state index >= 15 is 0 Å². The van der Waals surface area contributed by atoms with Crippen molar-refractivity contribution >= 4 is 23.2 Å². The van der Waals surface area contributed by atoms with Gasteiger partial charge >= 0.3 is 0 Å². The predicted octanol–water partition coefficient (Wildman–Crippen LogP) is 2.50. The van der Waals surface area contributed by atoms with E-state index in [0.29, 0.717) is 5.02 Å². The SMILES string of the molecule is CC1(C)CN(C2CCN(c3ccc(Cl)cc3)C2=O)CCC1N. The Morgan fingerprint density at radius 2 is 1.86 bits per heavy atom. The second-order valence-corrected chi connectivity index (χ2v) is 7.56. The molecule has 0 spiro atoms. The van der Waals surface area contributed by atoms with E-state index in [1.54, 1.807) is 0 Å². The number of nitrogens with zero attached hydrogens (tertiary/aromatic N) is 2. The van der Waals surface area contributed by atoms with E-state index in [0.717, 1.165) is 38.2 Å². The summed E-state index contributed by atoms with van der Waals surface area (Å²) in [4.78, 5) is 17.0. The number of amides is 1. The van der Waals surface area contributed by atoms with Crippen LogP contribution in [0.15, 0.2) is 24.3 Å². The molecule has 2 atom stereocenters. The first-order valence-corrected chi connectivity index (χ1v) is 8.33. The van der Waals surface area contributed by atoms with E-state index in [2.05, 4.69) is 18.7 Å². The molecule has 120 valence electrons. The van der Waals surface area contributed by atoms with E-state index in [4.69, 9.17) is 17.3 Å². The maximum absolute atomic E-state index is 12.8. The molecule has 4 nitrogen and oxygen atoms in total. The minimum atomic E-state index is -0.0116. The van der Waals surface area contributed by atoms with Crippen molar-refractivity contribution in [3.05, 3.63) is 29.3 Å². The Morgan fingerprint density at radius 1 is 1.18 bits per heavy atom. The average Bonchev–Trinajstić information content (AvgIpc) is 2.85. The van der Waals surface area contributed by atoms with Crippen LogP contribution in [-0.4, -0.2) is 42.5 Å². The maximum atomic E-state index is 12.8. The highest BCUT2D eigenvalue weighted by atomic mass is 35.5. The molecule has 3 rings (SSSR count). The van der Waals surface area contributed by atoms with Crippen LogP contribution in [0.2, 0.25) is 5.02 Å². The Bertz CT molecular complexity index is 558. The molecule has 2 saturated heterocycles. The first-order valence-electron chi connectivity index (χ1n) is 7.95. The molecule has 2 aliphatic rings. The number of piperidine rings is 1. The molecule has 1 aromatic rings. The van der Waals surface area contributed by atoms with Gasteiger partial charge in [-0.3, -0.25) is 9.69 Å². The van der Waals surface area contributed by atoms with Gasteiger partial charge in [0, 0.05) is 36.4 Å². The second kappa shape index (κ2) is 5.84. The molecule has 5 heteroatoms. The van der Waals surface area contributed by atoms with Gasteiger partial charge in [0.05, 0.1) is 6.04 Å². The number of carbonyl (C=O) groups excluding carboxylic acids is 1. The lowest BCUT2D eigenvalue weighted by Gasteiger charge is -2.44. The summed E-state index contributed by atoms with van der Waals surface area (Å²) in [5.74, 6) is 0.202. The van der Waals surface area contributed by atoms with Crippen LogP contribution < -0.4 is 10.6 Å². The fourth-order valence-electron chi connectivity index (χ4n) is 3.56. The standard InChI is InChI=1S/C17H24ClN3O/c1-17(2)11-20(9-8-15(17)19)14-7-10-21(16(14)22)13-5-3-12(18)4-6-13/h3-6,14-15H,7-11,19H2,1-2H3. The summed E-state index contributed by atoms with van der Waals surface area (Å²) in [5, 5.41) is 0.693. The Kier molecular flexibility index (Phi) is 4.19. The van der Waals surface area contributed by atoms with Crippen molar-refractivity contribution in [2.75, 3.05) is 24.5 Å². The third kappa shape index (κ3) is 2.87. The van der Waals surface area contributed by atoms with Crippen molar-refractivity contribution in [3.8, 4) is 0 Å². The van der Waals surface area contributed by atoms with Crippen LogP contribution in [0.3, 0.4) is 0 Å². The van der Waals surface area contributed by atoms with Gasteiger partial charge in [-0.15, -0.1) is 0 Å². The van der Waals surface area contributed by atoms with Crippen LogP contribution in [0.25, 0.3) is 0 Å². The molecule has 0 radical (unpaired) electrons. The molecule has 0 aromatic heterocycles. The van der Waals surface area contributed by atoms with Crippen LogP contribution in [0.5, 0.6) is 0 Å². The van der Waals surface area contributed by atoms with E-state index < -0.39 is 0 Å². The number of benzene rings is 1. The summed E-state index contributed by atoms with van der Waals surface area (Å²) in [7, 11) is 0. The number of rotatable bonds is 2. The van der Waals surface area contributed by atoms with Crippen LogP contribution in [0.4, 0.5) is 5.69 Å². The van der Waals surface area contributed by atoms with Crippen LogP contribution >= 0.6 is 11.6 Å². The first kappa shape index (κ1) is 15.8. The van der Waals surface area contributed by atoms with Crippen molar-refractivity contribution in [1.82, 2.24) is 4.90 Å². The molecule has 1 aromatic carbocycles. The lowest BCUT2D eigenvalue weighted by Crippen LogP contribution is -2.56. The number of hydrogen-bond acceptors (Lipinski definition) is 3. The van der Waals surface area contributed by atoms with Gasteiger partial charge in [-0.05, 0) is 42.5 Å². The number of nitrogens with two attached hydrogens (primary N) is 1. The van der Waals surface area contributed by atoms with Gasteiger partial charge in [0.1, 0.15) is 0 Å². The Balaban J connectivity index is 1.72. The van der Waals surface area contributed by atoms with Crippen molar-refractivity contribution in [1.29, 1.82) is 0 Å². The summed E-state index contributed by atoms with van der Waals surface area (Å²) in [6, 6.07) is 7.70. The summed E-state index contributed by atoms with van der Waals surface area (Å²) in [6.07, 6.45) is 1.84. The summed E-state index contributed by atoms with van der Waals surface area (Å²) in [6.45, 7) is 6.96. The molecular formula is C17H24ClN3O. The molecule has 2 unspecified atom stereocenters. The predicted molar refractivity (Wildman–Crippen MR) is 90.2 cm³/mol. The zero-order chi connectivity index (χ0) is 15.9. The topological polar surface area (TPSA) is 49.6 Å². The highest BCUT2D eigenvalue weighted by molar-refractivity contribution is 6.30. The normalized spacial score (nSPS) is 29.1. The Hall–Kier alpha value is -1.10. The van der Waals surface area contributed by atoms with Gasteiger partial charge in [-0.25, -0.2) is 0 Å². The van der Waals surface area contributed by atoms with Crippen molar-refractivity contribution in [3.63, 3.8) is 0 Å². The number of carbonyl (C=O) groups is 1. The van der Waals surface area contributed by atoms with Crippen molar-refractivity contribution < 1.29 is 4.79 Å². The van der Waals surface area contributed by atoms with Gasteiger partial charge in [-0.2, -0.15) is 0 Å². The fourth-order valence-corrected chi connectivity index (χ4v) is 3.69. The average molecular weight is 322 g/mol. The molecule has 2 N–H and O–H groups in total. The first-order chi connectivity index (χ1) is 10.4. The molecule has 0 aliphatic carbocycles. The highest BCUT2D eigenvalue weighted by Gasteiger charge is 2.42. The zero-order valence-electron chi connectivity index (χ0n) is 13.3. The molecule has 2 aliphatic heterocycles. The van der Waals surface area contributed by atoms with Crippen LogP contribution in [-0.2, 0) is 4.79 Å². The largest absolute Gasteiger partial charge is 0.327 e. The quantitative estimate of drug-likeness (QED) is 0.910. The fraction of sp³-hybridized carbons (Fsp3) is 0.588. The lowest BCUT2D eigenvalue weighted by molar-refractivity contribution is -0.122. The van der Waals surface area contributed by atoms with Gasteiger partial charge in [-0.1, -0.05) is 25.4 Å². The van der Waals surface area contributed by atoms with E-state index in [-0.39, 0.29) is 23.4 Å². The maximum Gasteiger partial charge on any atom is 0.244 e. The monoisotopic (exact) mass is 321 g/mol. The number of likely N-dealkylation sites (tertiary alicyclic amines) is 1. The molecular weight excluding hydrogens is 298 g/mol. The van der Waals surface area contributed by atoms with E-state index in [9.17, 15) is 4.79 Å². The minimum Gasteiger partial charge on any atom is -0.327 e. The van der Waals surface area contributed by atoms with Gasteiger partial charge in [0.25, 0.3) is 0 Å². The van der Waals surface area contributed by atoms with Crippen LogP contribution in [0, 0.1) is 5.41 Å². The summed E-state index contributed by atoms with van der Waals surface area (Å²) < 4.78 is 0. The third-order valence-electron chi connectivity index (χ3n) is 5.10. The van der Waals surface area contributed by atoms with Gasteiger partial charge in [0.15, 0.2) is 0 Å². The van der Waals surface area contributed by atoms with Crippen LogP contribution in [0.1, 0.15) is 26.7 Å². The summed E-state index contributed by atoms with van der Waals surface area (Å²) in [5.41, 5.74) is 7.20. The number of hydrogen-bond donors (Lipinski definition) is 1. The smallest absolute Gasteiger partial charge is 0.244 e. The highest BCUT2D eigenvalue weighted by Crippen LogP contribution is 2.32. The Morgan fingerprint density at radius 3 is 2.50 bits per heavy atom. The van der Waals surface area contributed by atoms with Crippen molar-refractivity contribution in [2.24, 2.45) is 11.1 Å². The van der Waals surface area contributed by atoms with E-state index in [1.807, 2.05) is 29.2 Å². The number of anilines is 1. The van der Waals surface area contributed by atoms with Gasteiger partial charge < -0.3 is 10.6 Å². The third-order valence-corrected chi connectivity index (χ3v) is 5.35. The molecule has 2 heterocycles. The van der Waals surface area contributed by atoms with E-state index in [1.165, 1.54) is 0 Å². The Labute approximate surface area is 137 Å². The second-order valence-electron chi connectivity index (χ2n) is 7.12. The molecule has 2 fully saturated rings. The molecule has 0 saturated carbocycles. The molecule has 22 heavy (non-hydrogen) atoms. The molecule has 1 amide bonds. The zero-order valence-corrected chi connectivity index (χ0v) is 14.0. The van der Waals surface area contributed by atoms with Crippen molar-refractivity contribution in [2.45, 2.75) is 38.8 Å². The number of halogens is 1. The summed E-state index contributed by atoms with van der Waals surface area (Å²) >= 11 is 5.93. The molecule has 0 bridgehead atoms.